The minimum atomic E-state index is -0.638. The molecule has 0 saturated heterocycles. The van der Waals surface area contributed by atoms with Crippen LogP contribution in [-0.2, 0) is 17.8 Å². The average molecular weight is 369 g/mol. The first-order valence-electron chi connectivity index (χ1n) is 9.31. The van der Waals surface area contributed by atoms with Crippen molar-refractivity contribution >= 4 is 11.8 Å². The molecule has 1 atom stereocenters. The molecular formula is C21H27N3O3. The quantitative estimate of drug-likeness (QED) is 0.820. The van der Waals surface area contributed by atoms with E-state index in [1.165, 1.54) is 17.4 Å². The molecule has 27 heavy (non-hydrogen) atoms. The number of rotatable bonds is 6. The zero-order chi connectivity index (χ0) is 19.4. The Balaban J connectivity index is 1.52. The molecule has 0 radical (unpaired) electrons. The Kier molecular flexibility index (Phi) is 5.65. The molecule has 2 amide bonds. The van der Waals surface area contributed by atoms with Gasteiger partial charge in [-0.2, -0.15) is 0 Å². The zero-order valence-electron chi connectivity index (χ0n) is 16.1. The third kappa shape index (κ3) is 4.57. The van der Waals surface area contributed by atoms with Gasteiger partial charge in [0, 0.05) is 25.2 Å². The van der Waals surface area contributed by atoms with E-state index in [1.807, 2.05) is 0 Å². The molecule has 3 rings (SSSR count). The Bertz CT molecular complexity index is 799. The normalized spacial score (nSPS) is 15.7. The van der Waals surface area contributed by atoms with Crippen LogP contribution in [0.25, 0.3) is 0 Å². The molecule has 144 valence electrons. The summed E-state index contributed by atoms with van der Waals surface area (Å²) >= 11 is 0. The molecule has 2 aromatic rings. The van der Waals surface area contributed by atoms with Crippen LogP contribution in [0.15, 0.2) is 47.1 Å². The number of hydrogen-bond donors (Lipinski definition) is 2. The van der Waals surface area contributed by atoms with E-state index in [4.69, 9.17) is 4.42 Å². The fourth-order valence-corrected chi connectivity index (χ4v) is 3.32. The number of nitrogens with one attached hydrogen (secondary N) is 2. The van der Waals surface area contributed by atoms with Crippen molar-refractivity contribution in [2.24, 2.45) is 0 Å². The summed E-state index contributed by atoms with van der Waals surface area (Å²) in [5.74, 6) is -0.406. The van der Waals surface area contributed by atoms with Gasteiger partial charge >= 0.3 is 0 Å². The zero-order valence-corrected chi connectivity index (χ0v) is 16.1. The number of carbonyl (C=O) groups excluding carboxylic acids is 2. The Morgan fingerprint density at radius 2 is 1.93 bits per heavy atom. The van der Waals surface area contributed by atoms with Crippen LogP contribution in [0.1, 0.15) is 42.5 Å². The Labute approximate surface area is 159 Å². The molecule has 6 heteroatoms. The van der Waals surface area contributed by atoms with Crippen molar-refractivity contribution in [3.63, 3.8) is 0 Å². The first-order chi connectivity index (χ1) is 12.9. The third-order valence-corrected chi connectivity index (χ3v) is 5.17. The van der Waals surface area contributed by atoms with Gasteiger partial charge < -0.3 is 15.1 Å². The summed E-state index contributed by atoms with van der Waals surface area (Å²) in [7, 11) is 0. The molecule has 1 aliphatic rings. The smallest absolute Gasteiger partial charge is 0.287 e. The van der Waals surface area contributed by atoms with E-state index in [1.54, 1.807) is 19.1 Å². The molecular weight excluding hydrogens is 342 g/mol. The Hall–Kier alpha value is -2.60. The average Bonchev–Trinajstić information content (AvgIpc) is 3.20. The summed E-state index contributed by atoms with van der Waals surface area (Å²) < 4.78 is 5.05. The molecule has 0 fully saturated rings. The summed E-state index contributed by atoms with van der Waals surface area (Å²) in [5, 5.41) is 5.62. The second kappa shape index (κ2) is 7.96. The molecule has 0 spiro atoms. The highest BCUT2D eigenvalue weighted by atomic mass is 16.3. The molecule has 1 aromatic heterocycles. The number of amides is 2. The van der Waals surface area contributed by atoms with Gasteiger partial charge in [0.1, 0.15) is 6.04 Å². The topological polar surface area (TPSA) is 74.6 Å². The molecule has 1 unspecified atom stereocenters. The second-order valence-corrected chi connectivity index (χ2v) is 7.64. The lowest BCUT2D eigenvalue weighted by molar-refractivity contribution is -0.123. The predicted molar refractivity (Wildman–Crippen MR) is 103 cm³/mol. The predicted octanol–water partition coefficient (Wildman–Crippen LogP) is 2.35. The van der Waals surface area contributed by atoms with Crippen molar-refractivity contribution in [1.29, 1.82) is 0 Å². The largest absolute Gasteiger partial charge is 0.459 e. The number of carbonyl (C=O) groups is 2. The summed E-state index contributed by atoms with van der Waals surface area (Å²) in [6, 6.07) is 11.1. The van der Waals surface area contributed by atoms with Gasteiger partial charge in [-0.15, -0.1) is 0 Å². The third-order valence-electron chi connectivity index (χ3n) is 5.17. The van der Waals surface area contributed by atoms with E-state index in [0.717, 1.165) is 19.5 Å². The molecule has 2 N–H and O–H groups in total. The van der Waals surface area contributed by atoms with Gasteiger partial charge in [0.25, 0.3) is 5.91 Å². The van der Waals surface area contributed by atoms with Crippen LogP contribution in [0.4, 0.5) is 0 Å². The highest BCUT2D eigenvalue weighted by Crippen LogP contribution is 2.24. The first kappa shape index (κ1) is 19.2. The highest BCUT2D eigenvalue weighted by Gasteiger charge is 2.30. The minimum absolute atomic E-state index is 0.187. The SMILES string of the molecule is CC(NC(=O)c1ccco1)C(=O)NCC(C)(C)N1CCc2ccccc2C1. The maximum atomic E-state index is 12.4. The summed E-state index contributed by atoms with van der Waals surface area (Å²) in [6.45, 7) is 8.28. The lowest BCUT2D eigenvalue weighted by Crippen LogP contribution is -2.55. The molecule has 0 bridgehead atoms. The summed E-state index contributed by atoms with van der Waals surface area (Å²) in [6.07, 6.45) is 2.45. The standard InChI is InChI=1S/C21H27N3O3/c1-15(23-20(26)18-9-6-12-27-18)19(25)22-14-21(2,3)24-11-10-16-7-4-5-8-17(16)13-24/h4-9,12,15H,10-11,13-14H2,1-3H3,(H,22,25)(H,23,26). The van der Waals surface area contributed by atoms with E-state index in [0.29, 0.717) is 6.54 Å². The van der Waals surface area contributed by atoms with Gasteiger partial charge in [0.15, 0.2) is 5.76 Å². The number of hydrogen-bond acceptors (Lipinski definition) is 4. The van der Waals surface area contributed by atoms with Crippen molar-refractivity contribution in [2.75, 3.05) is 13.1 Å². The van der Waals surface area contributed by atoms with Gasteiger partial charge in [0.2, 0.25) is 5.91 Å². The van der Waals surface area contributed by atoms with Gasteiger partial charge in [0.05, 0.1) is 6.26 Å². The maximum Gasteiger partial charge on any atom is 0.287 e. The fourth-order valence-electron chi connectivity index (χ4n) is 3.32. The summed E-state index contributed by atoms with van der Waals surface area (Å²) in [4.78, 5) is 26.8. The van der Waals surface area contributed by atoms with Crippen LogP contribution < -0.4 is 10.6 Å². The van der Waals surface area contributed by atoms with E-state index < -0.39 is 11.9 Å². The van der Waals surface area contributed by atoms with Crippen molar-refractivity contribution in [3.05, 3.63) is 59.5 Å². The van der Waals surface area contributed by atoms with Gasteiger partial charge in [-0.3, -0.25) is 14.5 Å². The van der Waals surface area contributed by atoms with Gasteiger partial charge in [-0.25, -0.2) is 0 Å². The molecule has 0 saturated carbocycles. The van der Waals surface area contributed by atoms with E-state index in [2.05, 4.69) is 53.6 Å². The van der Waals surface area contributed by atoms with Crippen LogP contribution in [0.3, 0.4) is 0 Å². The van der Waals surface area contributed by atoms with Crippen LogP contribution in [0.5, 0.6) is 0 Å². The minimum Gasteiger partial charge on any atom is -0.459 e. The first-order valence-corrected chi connectivity index (χ1v) is 9.31. The highest BCUT2D eigenvalue weighted by molar-refractivity contribution is 5.95. The van der Waals surface area contributed by atoms with Crippen LogP contribution in [-0.4, -0.2) is 41.4 Å². The number of fused-ring (bicyclic) bond motifs is 1. The van der Waals surface area contributed by atoms with Crippen LogP contribution in [0.2, 0.25) is 0 Å². The Morgan fingerprint density at radius 3 is 2.63 bits per heavy atom. The number of furan rings is 1. The van der Waals surface area contributed by atoms with Crippen LogP contribution in [0, 0.1) is 0 Å². The van der Waals surface area contributed by atoms with Gasteiger partial charge in [-0.05, 0) is 50.5 Å². The number of nitrogens with zero attached hydrogens (tertiary/aromatic N) is 1. The van der Waals surface area contributed by atoms with Gasteiger partial charge in [-0.1, -0.05) is 24.3 Å². The number of benzene rings is 1. The second-order valence-electron chi connectivity index (χ2n) is 7.64. The molecule has 1 aliphatic heterocycles. The molecule has 6 nitrogen and oxygen atoms in total. The summed E-state index contributed by atoms with van der Waals surface area (Å²) in [5.41, 5.74) is 2.57. The fraction of sp³-hybridized carbons (Fsp3) is 0.429. The Morgan fingerprint density at radius 1 is 1.19 bits per heavy atom. The monoisotopic (exact) mass is 369 g/mol. The van der Waals surface area contributed by atoms with Crippen LogP contribution >= 0.6 is 0 Å². The van der Waals surface area contributed by atoms with E-state index in [-0.39, 0.29) is 17.2 Å². The maximum absolute atomic E-state index is 12.4. The van der Waals surface area contributed by atoms with Crippen molar-refractivity contribution < 1.29 is 14.0 Å². The lowest BCUT2D eigenvalue weighted by Gasteiger charge is -2.41. The van der Waals surface area contributed by atoms with Crippen molar-refractivity contribution in [2.45, 2.75) is 45.3 Å². The van der Waals surface area contributed by atoms with Crippen molar-refractivity contribution in [3.8, 4) is 0 Å². The van der Waals surface area contributed by atoms with E-state index >= 15 is 0 Å². The molecule has 2 heterocycles. The molecule has 1 aromatic carbocycles. The van der Waals surface area contributed by atoms with E-state index in [9.17, 15) is 9.59 Å². The van der Waals surface area contributed by atoms with Crippen molar-refractivity contribution in [1.82, 2.24) is 15.5 Å². The molecule has 0 aliphatic carbocycles. The lowest BCUT2D eigenvalue weighted by atomic mass is 9.94.